The lowest BCUT2D eigenvalue weighted by Gasteiger charge is -2.09. The van der Waals surface area contributed by atoms with Crippen molar-refractivity contribution in [3.63, 3.8) is 0 Å². The summed E-state index contributed by atoms with van der Waals surface area (Å²) in [6.45, 7) is 0.134. The third-order valence-electron chi connectivity index (χ3n) is 3.73. The fourth-order valence-corrected chi connectivity index (χ4v) is 2.54. The molecule has 0 saturated heterocycles. The summed E-state index contributed by atoms with van der Waals surface area (Å²) in [4.78, 5) is 10.8. The maximum atomic E-state index is 10.8. The van der Waals surface area contributed by atoms with Gasteiger partial charge >= 0.3 is 5.97 Å². The first-order valence-electron chi connectivity index (χ1n) is 8.07. The lowest BCUT2D eigenvalue weighted by atomic mass is 10.0. The fraction of sp³-hybridized carbons (Fsp3) is 0.143. The van der Waals surface area contributed by atoms with Crippen molar-refractivity contribution in [2.24, 2.45) is 0 Å². The molecule has 0 fully saturated rings. The number of nitrogens with one attached hydrogen (secondary N) is 1. The van der Waals surface area contributed by atoms with Crippen molar-refractivity contribution in [2.45, 2.75) is 6.42 Å². The SMILES string of the molecule is CO.N=C(COc1cccc(CC(=O)O)c1)c1ccc2ccccc2c1. The Morgan fingerprint density at radius 1 is 0.962 bits per heavy atom. The molecule has 0 aromatic heterocycles. The molecule has 0 aliphatic carbocycles. The molecule has 3 N–H and O–H groups in total. The summed E-state index contributed by atoms with van der Waals surface area (Å²) in [5.41, 5.74) is 1.87. The average molecular weight is 351 g/mol. The number of aliphatic hydroxyl groups excluding tert-OH is 1. The number of benzene rings is 3. The summed E-state index contributed by atoms with van der Waals surface area (Å²) in [5, 5.41) is 26.3. The zero-order chi connectivity index (χ0) is 18.9. The first-order valence-corrected chi connectivity index (χ1v) is 8.07. The number of fused-ring (bicyclic) bond motifs is 1. The maximum absolute atomic E-state index is 10.8. The van der Waals surface area contributed by atoms with Gasteiger partial charge in [0.25, 0.3) is 0 Å². The van der Waals surface area contributed by atoms with Gasteiger partial charge in [-0.2, -0.15) is 0 Å². The molecule has 134 valence electrons. The summed E-state index contributed by atoms with van der Waals surface area (Å²) in [6.07, 6.45) is -0.0423. The molecule has 0 heterocycles. The number of aliphatic hydroxyl groups is 1. The van der Waals surface area contributed by atoms with E-state index in [-0.39, 0.29) is 13.0 Å². The molecule has 3 aromatic rings. The minimum Gasteiger partial charge on any atom is -0.487 e. The summed E-state index contributed by atoms with van der Waals surface area (Å²) < 4.78 is 5.64. The van der Waals surface area contributed by atoms with Crippen LogP contribution in [0.15, 0.2) is 66.7 Å². The fourth-order valence-electron chi connectivity index (χ4n) is 2.54. The monoisotopic (exact) mass is 351 g/mol. The molecule has 3 aromatic carbocycles. The molecule has 0 unspecified atom stereocenters. The Kier molecular flexibility index (Phi) is 6.88. The van der Waals surface area contributed by atoms with Gasteiger partial charge in [-0.15, -0.1) is 0 Å². The molecular weight excluding hydrogens is 330 g/mol. The van der Waals surface area contributed by atoms with E-state index in [0.717, 1.165) is 23.4 Å². The number of carboxylic acids is 1. The van der Waals surface area contributed by atoms with Crippen molar-refractivity contribution < 1.29 is 19.7 Å². The lowest BCUT2D eigenvalue weighted by Crippen LogP contribution is -2.11. The predicted molar refractivity (Wildman–Crippen MR) is 102 cm³/mol. The van der Waals surface area contributed by atoms with Crippen LogP contribution in [0.1, 0.15) is 11.1 Å². The van der Waals surface area contributed by atoms with Gasteiger partial charge in [0.15, 0.2) is 0 Å². The second kappa shape index (κ2) is 9.34. The minimum absolute atomic E-state index is 0.0423. The lowest BCUT2D eigenvalue weighted by molar-refractivity contribution is -0.136. The van der Waals surface area contributed by atoms with Crippen LogP contribution in [0, 0.1) is 5.41 Å². The van der Waals surface area contributed by atoms with Gasteiger partial charge in [0, 0.05) is 7.11 Å². The van der Waals surface area contributed by atoms with E-state index in [1.54, 1.807) is 24.3 Å². The van der Waals surface area contributed by atoms with Crippen molar-refractivity contribution in [3.8, 4) is 5.75 Å². The normalized spacial score (nSPS) is 9.92. The third kappa shape index (κ3) is 5.16. The van der Waals surface area contributed by atoms with Crippen molar-refractivity contribution in [2.75, 3.05) is 13.7 Å². The molecular formula is C21H21NO4. The Balaban J connectivity index is 0.00000117. The molecule has 0 spiro atoms. The van der Waals surface area contributed by atoms with Crippen molar-refractivity contribution in [3.05, 3.63) is 77.9 Å². The Bertz CT molecular complexity index is 905. The van der Waals surface area contributed by atoms with E-state index in [1.165, 1.54) is 0 Å². The first-order chi connectivity index (χ1) is 12.6. The van der Waals surface area contributed by atoms with E-state index < -0.39 is 5.97 Å². The molecule has 26 heavy (non-hydrogen) atoms. The van der Waals surface area contributed by atoms with Gasteiger partial charge in [-0.25, -0.2) is 0 Å². The molecule has 0 aliphatic rings. The topological polar surface area (TPSA) is 90.6 Å². The quantitative estimate of drug-likeness (QED) is 0.593. The number of hydrogen-bond donors (Lipinski definition) is 3. The van der Waals surface area contributed by atoms with Crippen LogP contribution in [0.3, 0.4) is 0 Å². The first kappa shape index (κ1) is 19.1. The van der Waals surface area contributed by atoms with Gasteiger partial charge in [-0.05, 0) is 40.1 Å². The van der Waals surface area contributed by atoms with E-state index in [2.05, 4.69) is 0 Å². The van der Waals surface area contributed by atoms with Crippen LogP contribution >= 0.6 is 0 Å². The van der Waals surface area contributed by atoms with Crippen LogP contribution in [0.25, 0.3) is 10.8 Å². The van der Waals surface area contributed by atoms with Crippen LogP contribution in [0.4, 0.5) is 0 Å². The number of ether oxygens (including phenoxy) is 1. The number of carbonyl (C=O) groups is 1. The van der Waals surface area contributed by atoms with Crippen LogP contribution in [-0.4, -0.2) is 35.6 Å². The van der Waals surface area contributed by atoms with E-state index in [0.29, 0.717) is 17.0 Å². The smallest absolute Gasteiger partial charge is 0.307 e. The Labute approximate surface area is 152 Å². The van der Waals surface area contributed by atoms with Gasteiger partial charge in [0.05, 0.1) is 12.1 Å². The zero-order valence-corrected chi connectivity index (χ0v) is 14.5. The maximum Gasteiger partial charge on any atom is 0.307 e. The number of aliphatic carboxylic acids is 1. The van der Waals surface area contributed by atoms with Crippen molar-refractivity contribution in [1.29, 1.82) is 5.41 Å². The van der Waals surface area contributed by atoms with Crippen LogP contribution < -0.4 is 4.74 Å². The highest BCUT2D eigenvalue weighted by molar-refractivity contribution is 6.02. The van der Waals surface area contributed by atoms with Gasteiger partial charge in [0.2, 0.25) is 0 Å². The summed E-state index contributed by atoms with van der Waals surface area (Å²) in [6, 6.07) is 20.9. The van der Waals surface area contributed by atoms with E-state index in [1.807, 2.05) is 42.5 Å². The molecule has 0 bridgehead atoms. The highest BCUT2D eigenvalue weighted by Crippen LogP contribution is 2.17. The van der Waals surface area contributed by atoms with Gasteiger partial charge in [-0.3, -0.25) is 4.79 Å². The standard InChI is InChI=1S/C20H17NO3.CH4O/c21-19(17-9-8-15-5-1-2-6-16(15)12-17)13-24-18-7-3-4-14(10-18)11-20(22)23;1-2/h1-10,12,21H,11,13H2,(H,22,23);2H,1H3. The average Bonchev–Trinajstić information content (AvgIpc) is 2.67. The summed E-state index contributed by atoms with van der Waals surface area (Å²) >= 11 is 0. The number of carboxylic acid groups (broad SMARTS) is 1. The van der Waals surface area contributed by atoms with Gasteiger partial charge in [0.1, 0.15) is 12.4 Å². The van der Waals surface area contributed by atoms with E-state index in [4.69, 9.17) is 20.4 Å². The van der Waals surface area contributed by atoms with Crippen molar-refractivity contribution in [1.82, 2.24) is 0 Å². The second-order valence-corrected chi connectivity index (χ2v) is 5.55. The van der Waals surface area contributed by atoms with Crippen LogP contribution in [-0.2, 0) is 11.2 Å². The van der Waals surface area contributed by atoms with Gasteiger partial charge in [-0.1, -0.05) is 48.5 Å². The molecule has 0 radical (unpaired) electrons. The predicted octanol–water partition coefficient (Wildman–Crippen LogP) is 3.52. The van der Waals surface area contributed by atoms with E-state index in [9.17, 15) is 4.79 Å². The molecule has 0 amide bonds. The molecule has 5 heteroatoms. The van der Waals surface area contributed by atoms with Gasteiger partial charge < -0.3 is 20.4 Å². The Hall–Kier alpha value is -3.18. The van der Waals surface area contributed by atoms with E-state index >= 15 is 0 Å². The third-order valence-corrected chi connectivity index (χ3v) is 3.73. The highest BCUT2D eigenvalue weighted by Gasteiger charge is 2.06. The molecule has 5 nitrogen and oxygen atoms in total. The van der Waals surface area contributed by atoms with Crippen LogP contribution in [0.5, 0.6) is 5.75 Å². The second-order valence-electron chi connectivity index (χ2n) is 5.55. The van der Waals surface area contributed by atoms with Crippen molar-refractivity contribution >= 4 is 22.5 Å². The highest BCUT2D eigenvalue weighted by atomic mass is 16.5. The minimum atomic E-state index is -0.879. The largest absolute Gasteiger partial charge is 0.487 e. The summed E-state index contributed by atoms with van der Waals surface area (Å²) in [5.74, 6) is -0.310. The Morgan fingerprint density at radius 3 is 2.42 bits per heavy atom. The molecule has 3 rings (SSSR count). The molecule has 0 saturated carbocycles. The number of rotatable bonds is 6. The van der Waals surface area contributed by atoms with Crippen LogP contribution in [0.2, 0.25) is 0 Å². The number of hydrogen-bond acceptors (Lipinski definition) is 4. The molecule has 0 atom stereocenters. The summed E-state index contributed by atoms with van der Waals surface area (Å²) in [7, 11) is 1.00. The molecule has 0 aliphatic heterocycles. The Morgan fingerprint density at radius 2 is 1.69 bits per heavy atom. The zero-order valence-electron chi connectivity index (χ0n) is 14.5.